The van der Waals surface area contributed by atoms with E-state index in [9.17, 15) is 4.79 Å². The van der Waals surface area contributed by atoms with Gasteiger partial charge in [0.05, 0.1) is 0 Å². The molecule has 92 valence electrons. The number of aromatic nitrogens is 6. The number of aromatic amines is 1. The second-order valence-corrected chi connectivity index (χ2v) is 3.66. The quantitative estimate of drug-likeness (QED) is 0.612. The molecule has 0 saturated heterocycles. The SMILES string of the molecule is Cc1ccn2c(=O)c(-c3nnn[nH]3)cnc2c1.O. The Labute approximate surface area is 101 Å². The summed E-state index contributed by atoms with van der Waals surface area (Å²) in [5, 5.41) is 13.1. The highest BCUT2D eigenvalue weighted by Gasteiger charge is 2.10. The summed E-state index contributed by atoms with van der Waals surface area (Å²) in [7, 11) is 0. The van der Waals surface area contributed by atoms with Crippen molar-refractivity contribution >= 4 is 5.65 Å². The summed E-state index contributed by atoms with van der Waals surface area (Å²) in [6, 6.07) is 3.68. The van der Waals surface area contributed by atoms with Crippen molar-refractivity contribution in [2.75, 3.05) is 0 Å². The minimum absolute atomic E-state index is 0. The maximum Gasteiger partial charge on any atom is 0.269 e. The third-order valence-electron chi connectivity index (χ3n) is 2.47. The van der Waals surface area contributed by atoms with Crippen molar-refractivity contribution < 1.29 is 5.48 Å². The highest BCUT2D eigenvalue weighted by atomic mass is 16.1. The molecule has 0 atom stereocenters. The molecule has 3 heterocycles. The van der Waals surface area contributed by atoms with Crippen LogP contribution in [0, 0.1) is 6.92 Å². The molecular weight excluding hydrogens is 236 g/mol. The van der Waals surface area contributed by atoms with Crippen LogP contribution in [-0.4, -0.2) is 35.5 Å². The Bertz CT molecular complexity index is 734. The van der Waals surface area contributed by atoms with Crippen molar-refractivity contribution in [2.24, 2.45) is 0 Å². The first-order valence-corrected chi connectivity index (χ1v) is 4.98. The molecule has 3 rings (SSSR count). The summed E-state index contributed by atoms with van der Waals surface area (Å²) in [5.74, 6) is 0.317. The summed E-state index contributed by atoms with van der Waals surface area (Å²) in [6.07, 6.45) is 3.16. The molecule has 3 N–H and O–H groups in total. The van der Waals surface area contributed by atoms with Crippen LogP contribution in [0.3, 0.4) is 0 Å². The first-order chi connectivity index (χ1) is 8.25. The Hall–Kier alpha value is -2.61. The normalized spacial score (nSPS) is 10.3. The summed E-state index contributed by atoms with van der Waals surface area (Å²) in [6.45, 7) is 1.94. The standard InChI is InChI=1S/C10H8N6O.H2O/c1-6-2-3-16-8(4-6)11-5-7(10(16)17)9-12-14-15-13-9;/h2-5H,1H3,(H,12,13,14,15);1H2. The van der Waals surface area contributed by atoms with Crippen molar-refractivity contribution in [1.29, 1.82) is 0 Å². The Morgan fingerprint density at radius 2 is 2.22 bits per heavy atom. The Balaban J connectivity index is 0.00000120. The van der Waals surface area contributed by atoms with Gasteiger partial charge in [-0.25, -0.2) is 10.1 Å². The smallest absolute Gasteiger partial charge is 0.269 e. The summed E-state index contributed by atoms with van der Waals surface area (Å²) in [5.41, 5.74) is 1.79. The third kappa shape index (κ3) is 1.74. The van der Waals surface area contributed by atoms with Gasteiger partial charge in [-0.3, -0.25) is 9.20 Å². The Kier molecular flexibility index (Phi) is 2.86. The molecule has 8 nitrogen and oxygen atoms in total. The molecule has 3 aromatic heterocycles. The first-order valence-electron chi connectivity index (χ1n) is 4.98. The molecule has 0 saturated carbocycles. The molecule has 0 aliphatic carbocycles. The number of aryl methyl sites for hydroxylation is 1. The fraction of sp³-hybridized carbons (Fsp3) is 0.100. The molecule has 0 spiro atoms. The molecule has 0 radical (unpaired) electrons. The lowest BCUT2D eigenvalue weighted by atomic mass is 10.2. The van der Waals surface area contributed by atoms with Gasteiger partial charge in [0.2, 0.25) is 0 Å². The molecule has 0 unspecified atom stereocenters. The predicted molar refractivity (Wildman–Crippen MR) is 63.0 cm³/mol. The number of hydrogen-bond acceptors (Lipinski definition) is 5. The van der Waals surface area contributed by atoms with Crippen LogP contribution in [0.4, 0.5) is 0 Å². The van der Waals surface area contributed by atoms with Crippen molar-refractivity contribution in [3.8, 4) is 11.4 Å². The van der Waals surface area contributed by atoms with Crippen molar-refractivity contribution in [3.05, 3.63) is 40.4 Å². The number of nitrogens with zero attached hydrogens (tertiary/aromatic N) is 5. The van der Waals surface area contributed by atoms with Crippen LogP contribution in [-0.2, 0) is 0 Å². The largest absolute Gasteiger partial charge is 0.412 e. The molecule has 0 aromatic carbocycles. The van der Waals surface area contributed by atoms with Gasteiger partial charge in [-0.2, -0.15) is 0 Å². The van der Waals surface area contributed by atoms with Crippen LogP contribution in [0.2, 0.25) is 0 Å². The molecule has 0 bridgehead atoms. The number of H-pyrrole nitrogens is 1. The van der Waals surface area contributed by atoms with Gasteiger partial charge in [0.1, 0.15) is 11.2 Å². The molecule has 0 aliphatic heterocycles. The molecular formula is C10H10N6O2. The third-order valence-corrected chi connectivity index (χ3v) is 2.47. The zero-order chi connectivity index (χ0) is 11.8. The van der Waals surface area contributed by atoms with Crippen LogP contribution in [0.5, 0.6) is 0 Å². The van der Waals surface area contributed by atoms with Gasteiger partial charge >= 0.3 is 0 Å². The number of nitrogens with one attached hydrogen (secondary N) is 1. The fourth-order valence-corrected chi connectivity index (χ4v) is 1.61. The second kappa shape index (κ2) is 4.34. The molecule has 0 amide bonds. The maximum absolute atomic E-state index is 12.1. The van der Waals surface area contributed by atoms with E-state index < -0.39 is 0 Å². The highest BCUT2D eigenvalue weighted by Crippen LogP contribution is 2.08. The number of fused-ring (bicyclic) bond motifs is 1. The van der Waals surface area contributed by atoms with Crippen LogP contribution in [0.1, 0.15) is 5.56 Å². The number of hydrogen-bond donors (Lipinski definition) is 1. The second-order valence-electron chi connectivity index (χ2n) is 3.66. The first kappa shape index (κ1) is 11.9. The van der Waals surface area contributed by atoms with Gasteiger partial charge in [0.15, 0.2) is 5.82 Å². The van der Waals surface area contributed by atoms with E-state index in [1.165, 1.54) is 10.6 Å². The number of pyridine rings is 1. The van der Waals surface area contributed by atoms with Crippen LogP contribution in [0.15, 0.2) is 29.3 Å². The van der Waals surface area contributed by atoms with Crippen molar-refractivity contribution in [1.82, 2.24) is 30.0 Å². The van der Waals surface area contributed by atoms with E-state index >= 15 is 0 Å². The van der Waals surface area contributed by atoms with Gasteiger partial charge in [-0.15, -0.1) is 5.10 Å². The van der Waals surface area contributed by atoms with E-state index in [4.69, 9.17) is 0 Å². The van der Waals surface area contributed by atoms with E-state index in [1.807, 2.05) is 19.1 Å². The highest BCUT2D eigenvalue weighted by molar-refractivity contribution is 5.54. The molecule has 8 heteroatoms. The van der Waals surface area contributed by atoms with E-state index in [0.717, 1.165) is 5.56 Å². The molecule has 0 fully saturated rings. The average molecular weight is 246 g/mol. The summed E-state index contributed by atoms with van der Waals surface area (Å²) >= 11 is 0. The van der Waals surface area contributed by atoms with E-state index in [0.29, 0.717) is 17.0 Å². The molecule has 18 heavy (non-hydrogen) atoms. The van der Waals surface area contributed by atoms with Gasteiger partial charge in [-0.1, -0.05) is 0 Å². The zero-order valence-corrected chi connectivity index (χ0v) is 9.45. The monoisotopic (exact) mass is 246 g/mol. The number of rotatable bonds is 1. The van der Waals surface area contributed by atoms with E-state index in [2.05, 4.69) is 25.6 Å². The molecule has 3 aromatic rings. The minimum atomic E-state index is -0.200. The lowest BCUT2D eigenvalue weighted by molar-refractivity contribution is 0.824. The molecule has 0 aliphatic rings. The fourth-order valence-electron chi connectivity index (χ4n) is 1.61. The van der Waals surface area contributed by atoms with E-state index in [1.54, 1.807) is 6.20 Å². The number of tetrazole rings is 1. The van der Waals surface area contributed by atoms with Crippen LogP contribution in [0.25, 0.3) is 17.0 Å². The topological polar surface area (TPSA) is 120 Å². The van der Waals surface area contributed by atoms with Gasteiger partial charge in [0, 0.05) is 12.4 Å². The van der Waals surface area contributed by atoms with E-state index in [-0.39, 0.29) is 11.0 Å². The van der Waals surface area contributed by atoms with Crippen molar-refractivity contribution in [3.63, 3.8) is 0 Å². The van der Waals surface area contributed by atoms with Gasteiger partial charge < -0.3 is 5.48 Å². The average Bonchev–Trinajstić information content (AvgIpc) is 2.82. The summed E-state index contributed by atoms with van der Waals surface area (Å²) in [4.78, 5) is 16.4. The van der Waals surface area contributed by atoms with Crippen LogP contribution >= 0.6 is 0 Å². The lowest BCUT2D eigenvalue weighted by Gasteiger charge is -2.02. The lowest BCUT2D eigenvalue weighted by Crippen LogP contribution is -2.17. The zero-order valence-electron chi connectivity index (χ0n) is 9.45. The minimum Gasteiger partial charge on any atom is -0.412 e. The van der Waals surface area contributed by atoms with Gasteiger partial charge in [-0.05, 0) is 35.0 Å². The van der Waals surface area contributed by atoms with Gasteiger partial charge in [0.25, 0.3) is 5.56 Å². The van der Waals surface area contributed by atoms with Crippen LogP contribution < -0.4 is 5.56 Å². The predicted octanol–water partition coefficient (Wildman–Crippen LogP) is -0.642. The summed E-state index contributed by atoms with van der Waals surface area (Å²) < 4.78 is 1.46. The van der Waals surface area contributed by atoms with Crippen molar-refractivity contribution in [2.45, 2.75) is 6.92 Å². The maximum atomic E-state index is 12.1. The Morgan fingerprint density at radius 3 is 2.94 bits per heavy atom. The Morgan fingerprint density at radius 1 is 1.39 bits per heavy atom.